The molecule has 2 aliphatic rings. The van der Waals surface area contributed by atoms with Crippen LogP contribution >= 0.6 is 0 Å². The quantitative estimate of drug-likeness (QED) is 0.525. The molecule has 0 saturated carbocycles. The molecule has 0 unspecified atom stereocenters. The topological polar surface area (TPSA) is 109 Å². The van der Waals surface area contributed by atoms with Crippen LogP contribution in [0.1, 0.15) is 27.2 Å². The lowest BCUT2D eigenvalue weighted by molar-refractivity contribution is -0.00265. The molecule has 2 aliphatic heterocycles. The maximum absolute atomic E-state index is 12.7. The van der Waals surface area contributed by atoms with Crippen molar-refractivity contribution in [2.75, 3.05) is 56.5 Å². The summed E-state index contributed by atoms with van der Waals surface area (Å²) in [6, 6.07) is 7.27. The minimum absolute atomic E-state index is 0.108. The summed E-state index contributed by atoms with van der Waals surface area (Å²) in [5.41, 5.74) is 0.750. The number of likely N-dealkylation sites (tertiary alicyclic amines) is 1. The first kappa shape index (κ1) is 25.9. The van der Waals surface area contributed by atoms with Crippen LogP contribution < -0.4 is 15.8 Å². The van der Waals surface area contributed by atoms with Crippen LogP contribution in [0, 0.1) is 5.92 Å². The van der Waals surface area contributed by atoms with E-state index in [1.165, 1.54) is 0 Å². The normalized spacial score (nSPS) is 16.9. The molecule has 1 N–H and O–H groups in total. The minimum Gasteiger partial charge on any atom is -0.444 e. The fourth-order valence-electron chi connectivity index (χ4n) is 4.70. The monoisotopic (exact) mass is 520 g/mol. The lowest BCUT2D eigenvalue weighted by Gasteiger charge is -2.39. The van der Waals surface area contributed by atoms with Crippen LogP contribution in [0.5, 0.6) is 0 Å². The Morgan fingerprint density at radius 3 is 2.50 bits per heavy atom. The molecule has 0 atom stereocenters. The molecule has 3 aromatic heterocycles. The van der Waals surface area contributed by atoms with Crippen LogP contribution in [-0.4, -0.2) is 87.3 Å². The molecule has 0 aromatic carbocycles. The maximum atomic E-state index is 12.7. The van der Waals surface area contributed by atoms with Gasteiger partial charge in [0.05, 0.1) is 11.9 Å². The molecular weight excluding hydrogens is 484 g/mol. The number of anilines is 3. The van der Waals surface area contributed by atoms with E-state index in [2.05, 4.69) is 37.1 Å². The highest BCUT2D eigenvalue weighted by Crippen LogP contribution is 2.24. The Kier molecular flexibility index (Phi) is 7.20. The van der Waals surface area contributed by atoms with E-state index in [0.29, 0.717) is 37.1 Å². The number of aryl methyl sites for hydroxylation is 1. The van der Waals surface area contributed by atoms with Crippen molar-refractivity contribution in [1.82, 2.24) is 29.3 Å². The van der Waals surface area contributed by atoms with Crippen LogP contribution in [0.3, 0.4) is 0 Å². The van der Waals surface area contributed by atoms with E-state index in [0.717, 1.165) is 49.5 Å². The number of carbonyl (C=O) groups excluding carboxylic acids is 1. The number of ether oxygens (including phenoxy) is 1. The molecule has 202 valence electrons. The molecule has 0 bridgehead atoms. The number of pyridine rings is 2. The van der Waals surface area contributed by atoms with Gasteiger partial charge in [0.1, 0.15) is 17.1 Å². The standard InChI is InChI=1S/C27H36N8O3/c1-27(2,3)38-26(37)34-17-19(18-34)9-10-35-23(36)8-5-20-15-29-25(31-24(20)35)30-21-6-7-22(28-16-21)33-13-11-32(4)12-14-33/h5-8,15-16,19H,9-14,17-18H2,1-4H3,(H,29,30,31). The largest absolute Gasteiger partial charge is 0.444 e. The number of fused-ring (bicyclic) bond motifs is 1. The number of likely N-dealkylation sites (N-methyl/N-ethyl adjacent to an activating group) is 1. The number of hydrogen-bond acceptors (Lipinski definition) is 9. The summed E-state index contributed by atoms with van der Waals surface area (Å²) in [5, 5.41) is 4.01. The second kappa shape index (κ2) is 10.6. The van der Waals surface area contributed by atoms with Gasteiger partial charge in [-0.3, -0.25) is 9.36 Å². The number of hydrogen-bond donors (Lipinski definition) is 1. The first-order chi connectivity index (χ1) is 18.1. The predicted octanol–water partition coefficient (Wildman–Crippen LogP) is 2.94. The Labute approximate surface area is 222 Å². The predicted molar refractivity (Wildman–Crippen MR) is 147 cm³/mol. The summed E-state index contributed by atoms with van der Waals surface area (Å²) in [4.78, 5) is 45.0. The molecule has 0 spiro atoms. The van der Waals surface area contributed by atoms with Crippen LogP contribution in [-0.2, 0) is 11.3 Å². The number of aromatic nitrogens is 4. The zero-order valence-corrected chi connectivity index (χ0v) is 22.6. The Balaban J connectivity index is 1.23. The van der Waals surface area contributed by atoms with Crippen molar-refractivity contribution < 1.29 is 9.53 Å². The molecule has 3 aromatic rings. The first-order valence-electron chi connectivity index (χ1n) is 13.2. The van der Waals surface area contributed by atoms with E-state index in [9.17, 15) is 9.59 Å². The number of amides is 1. The Hall–Kier alpha value is -3.73. The second-order valence-electron chi connectivity index (χ2n) is 11.2. The van der Waals surface area contributed by atoms with Gasteiger partial charge in [0.2, 0.25) is 5.95 Å². The van der Waals surface area contributed by atoms with E-state index >= 15 is 0 Å². The van der Waals surface area contributed by atoms with Crippen molar-refractivity contribution in [3.63, 3.8) is 0 Å². The van der Waals surface area contributed by atoms with Gasteiger partial charge >= 0.3 is 6.09 Å². The summed E-state index contributed by atoms with van der Waals surface area (Å²) >= 11 is 0. The highest BCUT2D eigenvalue weighted by atomic mass is 16.6. The Bertz CT molecular complexity index is 1340. The van der Waals surface area contributed by atoms with Crippen molar-refractivity contribution in [1.29, 1.82) is 0 Å². The maximum Gasteiger partial charge on any atom is 0.410 e. The van der Waals surface area contributed by atoms with Crippen molar-refractivity contribution in [2.24, 2.45) is 5.92 Å². The van der Waals surface area contributed by atoms with Gasteiger partial charge in [0.15, 0.2) is 0 Å². The van der Waals surface area contributed by atoms with Gasteiger partial charge in [0.25, 0.3) is 5.56 Å². The molecule has 2 fully saturated rings. The van der Waals surface area contributed by atoms with Gasteiger partial charge in [-0.25, -0.2) is 14.8 Å². The zero-order valence-electron chi connectivity index (χ0n) is 22.6. The fourth-order valence-corrected chi connectivity index (χ4v) is 4.70. The summed E-state index contributed by atoms with van der Waals surface area (Å²) in [7, 11) is 2.13. The number of carbonyl (C=O) groups is 1. The van der Waals surface area contributed by atoms with Crippen LogP contribution in [0.25, 0.3) is 11.0 Å². The second-order valence-corrected chi connectivity index (χ2v) is 11.2. The van der Waals surface area contributed by atoms with Gasteiger partial charge in [-0.2, -0.15) is 4.98 Å². The van der Waals surface area contributed by atoms with Gasteiger partial charge in [-0.15, -0.1) is 0 Å². The number of nitrogens with zero attached hydrogens (tertiary/aromatic N) is 7. The molecule has 38 heavy (non-hydrogen) atoms. The molecule has 0 aliphatic carbocycles. The molecule has 5 rings (SSSR count). The van der Waals surface area contributed by atoms with E-state index < -0.39 is 5.60 Å². The molecule has 0 radical (unpaired) electrons. The zero-order chi connectivity index (χ0) is 26.9. The molecule has 11 heteroatoms. The molecule has 1 amide bonds. The fraction of sp³-hybridized carbons (Fsp3) is 0.519. The Morgan fingerprint density at radius 2 is 1.82 bits per heavy atom. The molecule has 2 saturated heterocycles. The average Bonchev–Trinajstić information content (AvgIpc) is 2.84. The lowest BCUT2D eigenvalue weighted by atomic mass is 9.97. The van der Waals surface area contributed by atoms with Crippen molar-refractivity contribution >= 4 is 34.6 Å². The van der Waals surface area contributed by atoms with Crippen molar-refractivity contribution in [3.8, 4) is 0 Å². The van der Waals surface area contributed by atoms with Crippen molar-refractivity contribution in [2.45, 2.75) is 39.3 Å². The van der Waals surface area contributed by atoms with E-state index in [1.807, 2.05) is 32.9 Å². The summed E-state index contributed by atoms with van der Waals surface area (Å²) in [5.74, 6) is 1.68. The van der Waals surface area contributed by atoms with Crippen LogP contribution in [0.2, 0.25) is 0 Å². The molecule has 5 heterocycles. The highest BCUT2D eigenvalue weighted by molar-refractivity contribution is 5.75. The van der Waals surface area contributed by atoms with Crippen LogP contribution in [0.15, 0.2) is 41.5 Å². The van der Waals surface area contributed by atoms with E-state index in [4.69, 9.17) is 4.74 Å². The number of nitrogens with one attached hydrogen (secondary N) is 1. The summed E-state index contributed by atoms with van der Waals surface area (Å²) in [6.07, 6.45) is 3.99. The van der Waals surface area contributed by atoms with Gasteiger partial charge in [-0.1, -0.05) is 0 Å². The SMILES string of the molecule is CN1CCN(c2ccc(Nc3ncc4ccc(=O)n(CCC5CN(C(=O)OC(C)(C)C)C5)c4n3)cn2)CC1. The number of piperazine rings is 1. The lowest BCUT2D eigenvalue weighted by Crippen LogP contribution is -2.51. The average molecular weight is 521 g/mol. The van der Waals surface area contributed by atoms with Gasteiger partial charge < -0.3 is 24.8 Å². The van der Waals surface area contributed by atoms with Gasteiger partial charge in [-0.05, 0) is 58.4 Å². The van der Waals surface area contributed by atoms with Crippen molar-refractivity contribution in [3.05, 3.63) is 47.0 Å². The third-order valence-corrected chi connectivity index (χ3v) is 6.92. The summed E-state index contributed by atoms with van der Waals surface area (Å²) < 4.78 is 7.12. The minimum atomic E-state index is -0.507. The third kappa shape index (κ3) is 6.04. The molecular formula is C27H36N8O3. The van der Waals surface area contributed by atoms with E-state index in [-0.39, 0.29) is 11.7 Å². The van der Waals surface area contributed by atoms with Crippen LogP contribution in [0.4, 0.5) is 22.2 Å². The molecule has 11 nitrogen and oxygen atoms in total. The first-order valence-corrected chi connectivity index (χ1v) is 13.2. The third-order valence-electron chi connectivity index (χ3n) is 6.92. The number of rotatable bonds is 6. The Morgan fingerprint density at radius 1 is 1.05 bits per heavy atom. The van der Waals surface area contributed by atoms with E-state index in [1.54, 1.807) is 34.0 Å². The highest BCUT2D eigenvalue weighted by Gasteiger charge is 2.33. The van der Waals surface area contributed by atoms with Gasteiger partial charge in [0, 0.05) is 63.5 Å². The summed E-state index contributed by atoms with van der Waals surface area (Å²) in [6.45, 7) is 11.3. The smallest absolute Gasteiger partial charge is 0.410 e.